The molecule has 0 aliphatic carbocycles. The van der Waals surface area contributed by atoms with Gasteiger partial charge in [-0.15, -0.1) is 0 Å². The largest absolute Gasteiger partial charge is 0.477 e. The maximum atomic E-state index is 11.0. The highest BCUT2D eigenvalue weighted by atomic mass is 31.2. The Kier molecular flexibility index (Phi) is 2.17. The minimum absolute atomic E-state index is 0.862. The van der Waals surface area contributed by atoms with Gasteiger partial charge in [-0.3, -0.25) is 9.05 Å². The third-order valence-electron chi connectivity index (χ3n) is 1.24. The van der Waals surface area contributed by atoms with Gasteiger partial charge in [0.15, 0.2) is 0 Å². The highest BCUT2D eigenvalue weighted by Crippen LogP contribution is 2.58. The molecule has 13 heavy (non-hydrogen) atoms. The molecule has 1 aliphatic rings. The van der Waals surface area contributed by atoms with Crippen molar-refractivity contribution in [3.05, 3.63) is 11.5 Å². The molecule has 0 unspecified atom stereocenters. The van der Waals surface area contributed by atoms with Crippen molar-refractivity contribution >= 4 is 19.7 Å². The summed E-state index contributed by atoms with van der Waals surface area (Å²) in [5.74, 6) is -3.50. The summed E-state index contributed by atoms with van der Waals surface area (Å²) >= 11 is 0. The maximum absolute atomic E-state index is 11.0. The molecule has 0 radical (unpaired) electrons. The van der Waals surface area contributed by atoms with Gasteiger partial charge < -0.3 is 10.2 Å². The Morgan fingerprint density at radius 3 is 2.31 bits per heavy atom. The van der Waals surface area contributed by atoms with E-state index in [0.29, 0.717) is 0 Å². The van der Waals surface area contributed by atoms with Crippen molar-refractivity contribution in [2.75, 3.05) is 13.3 Å². The summed E-state index contributed by atoms with van der Waals surface area (Å²) in [5.41, 5.74) is -0.862. The zero-order chi connectivity index (χ0) is 10.2. The van der Waals surface area contributed by atoms with Crippen molar-refractivity contribution in [2.24, 2.45) is 0 Å². The Balaban J connectivity index is 3.09. The molecule has 2 N–H and O–H groups in total. The van der Waals surface area contributed by atoms with Gasteiger partial charge in [0, 0.05) is 0 Å². The van der Waals surface area contributed by atoms with Gasteiger partial charge in [-0.05, 0) is 0 Å². The number of carboxylic acid groups (broad SMARTS) is 1. The number of hydrogen-bond acceptors (Lipinski definition) is 5. The fourth-order valence-electron chi connectivity index (χ4n) is 0.784. The zero-order valence-corrected chi connectivity index (χ0v) is 7.87. The Morgan fingerprint density at radius 2 is 1.92 bits per heavy atom. The third-order valence-corrected chi connectivity index (χ3v) is 2.46. The summed E-state index contributed by atoms with van der Waals surface area (Å²) in [4.78, 5) is 21.4. The average Bonchev–Trinajstić information content (AvgIpc) is 1.78. The second kappa shape index (κ2) is 2.88. The first-order chi connectivity index (χ1) is 5.83. The minimum Gasteiger partial charge on any atom is -0.477 e. The van der Waals surface area contributed by atoms with Crippen LogP contribution in [0.3, 0.4) is 0 Å². The lowest BCUT2D eigenvalue weighted by Crippen LogP contribution is -2.23. The molecule has 1 aliphatic heterocycles. The molecule has 0 aromatic heterocycles. The molecule has 1 heterocycles. The molecule has 1 rings (SSSR count). The fraction of sp³-hybridized carbons (Fsp3) is 0.333. The first-order valence-electron chi connectivity index (χ1n) is 3.27. The number of carbonyl (C=O) groups excluding carboxylic acids is 1. The molecule has 0 aromatic rings. The van der Waals surface area contributed by atoms with Crippen molar-refractivity contribution in [3.63, 3.8) is 0 Å². The Bertz CT molecular complexity index is 304. The van der Waals surface area contributed by atoms with Gasteiger partial charge in [0.2, 0.25) is 5.57 Å². The summed E-state index contributed by atoms with van der Waals surface area (Å²) in [5, 5.41) is 17.5. The van der Waals surface area contributed by atoms with Crippen LogP contribution in [0.15, 0.2) is 11.5 Å². The molecular weight excluding hydrogens is 199 g/mol. The number of carboxylic acids is 1. The van der Waals surface area contributed by atoms with Gasteiger partial charge in [-0.2, -0.15) is 0 Å². The van der Waals surface area contributed by atoms with Gasteiger partial charge >= 0.3 is 25.6 Å². The van der Waals surface area contributed by atoms with Crippen LogP contribution in [0.5, 0.6) is 0 Å². The first kappa shape index (κ1) is 9.80. The van der Waals surface area contributed by atoms with Crippen molar-refractivity contribution in [2.45, 2.75) is 0 Å². The van der Waals surface area contributed by atoms with Gasteiger partial charge in [0.1, 0.15) is 13.3 Å². The molecule has 0 fully saturated rings. The van der Waals surface area contributed by atoms with E-state index in [1.807, 2.05) is 0 Å². The normalized spacial score (nSPS) is 20.6. The van der Waals surface area contributed by atoms with E-state index < -0.39 is 31.2 Å². The summed E-state index contributed by atoms with van der Waals surface area (Å²) < 4.78 is 9.41. The van der Waals surface area contributed by atoms with Crippen LogP contribution in [-0.4, -0.2) is 35.5 Å². The third kappa shape index (κ3) is 1.89. The predicted molar refractivity (Wildman–Crippen MR) is 43.2 cm³/mol. The van der Waals surface area contributed by atoms with Crippen molar-refractivity contribution < 1.29 is 28.8 Å². The summed E-state index contributed by atoms with van der Waals surface area (Å²) in [6.07, 6.45) is 0. The lowest BCUT2D eigenvalue weighted by Gasteiger charge is -2.19. The van der Waals surface area contributed by atoms with Gasteiger partial charge in [-0.25, -0.2) is 9.59 Å². The van der Waals surface area contributed by atoms with E-state index in [2.05, 4.69) is 4.52 Å². The summed E-state index contributed by atoms with van der Waals surface area (Å²) in [6, 6.07) is 0. The second-order valence-electron chi connectivity index (χ2n) is 2.71. The molecule has 0 amide bonds. The number of aliphatic carboxylic acids is 1. The summed E-state index contributed by atoms with van der Waals surface area (Å²) in [7, 11) is -2.45. The molecular formula is C6H8O6P+. The average molecular weight is 207 g/mol. The van der Waals surface area contributed by atoms with Crippen LogP contribution in [0.25, 0.3) is 0 Å². The second-order valence-corrected chi connectivity index (χ2v) is 5.58. The number of carbonyl (C=O) groups is 2. The van der Waals surface area contributed by atoms with E-state index in [4.69, 9.17) is 14.7 Å². The van der Waals surface area contributed by atoms with Crippen LogP contribution in [0.2, 0.25) is 0 Å². The van der Waals surface area contributed by atoms with Crippen LogP contribution in [0.4, 0.5) is 0 Å². The monoisotopic (exact) mass is 207 g/mol. The minimum atomic E-state index is -2.45. The first-order valence-corrected chi connectivity index (χ1v) is 5.79. The number of aliphatic hydroxyl groups excluding tert-OH is 1. The molecule has 72 valence electrons. The van der Waals surface area contributed by atoms with Crippen molar-refractivity contribution in [1.29, 1.82) is 0 Å². The molecule has 0 saturated heterocycles. The van der Waals surface area contributed by atoms with Gasteiger partial charge in [-0.1, -0.05) is 0 Å². The zero-order valence-electron chi connectivity index (χ0n) is 6.97. The predicted octanol–water partition coefficient (Wildman–Crippen LogP) is 0.521. The smallest absolute Gasteiger partial charge is 0.400 e. The number of aliphatic hydroxyl groups is 1. The number of hydrogen-bond donors (Lipinski definition) is 2. The van der Waals surface area contributed by atoms with Crippen LogP contribution >= 0.6 is 7.72 Å². The highest BCUT2D eigenvalue weighted by Gasteiger charge is 2.47. The van der Waals surface area contributed by atoms with Gasteiger partial charge in [0.05, 0.1) is 0 Å². The van der Waals surface area contributed by atoms with E-state index in [1.54, 1.807) is 0 Å². The standard InChI is InChI=1S/C6H7O6P/c1-13(2)11-5(9)3(4(7)8)6(10)12-13/h1-2H3,(H-,7,8,9,10)/p+1. The van der Waals surface area contributed by atoms with Crippen LogP contribution in [0.1, 0.15) is 0 Å². The fourth-order valence-corrected chi connectivity index (χ4v) is 1.82. The highest BCUT2D eigenvalue weighted by molar-refractivity contribution is 7.65. The lowest BCUT2D eigenvalue weighted by molar-refractivity contribution is -0.140. The molecule has 7 heteroatoms. The Hall–Kier alpha value is -1.29. The molecule has 0 spiro atoms. The van der Waals surface area contributed by atoms with Crippen LogP contribution in [0, 0.1) is 0 Å². The van der Waals surface area contributed by atoms with E-state index >= 15 is 0 Å². The van der Waals surface area contributed by atoms with Gasteiger partial charge in [0.25, 0.3) is 0 Å². The SMILES string of the molecule is C[P+]1(C)OC(=O)C(C(=O)O)=C(O)O1. The van der Waals surface area contributed by atoms with Crippen LogP contribution < -0.4 is 0 Å². The maximum Gasteiger partial charge on any atom is 0.400 e. The Labute approximate surface area is 74.3 Å². The molecule has 0 aromatic carbocycles. The molecule has 0 saturated carbocycles. The quantitative estimate of drug-likeness (QED) is 0.481. The molecule has 0 bridgehead atoms. The van der Waals surface area contributed by atoms with E-state index in [1.165, 1.54) is 13.3 Å². The van der Waals surface area contributed by atoms with Crippen molar-refractivity contribution in [3.8, 4) is 0 Å². The number of rotatable bonds is 1. The topological polar surface area (TPSA) is 93.1 Å². The van der Waals surface area contributed by atoms with E-state index in [9.17, 15) is 9.59 Å². The summed E-state index contributed by atoms with van der Waals surface area (Å²) in [6.45, 7) is 2.97. The van der Waals surface area contributed by atoms with E-state index in [0.717, 1.165) is 0 Å². The Morgan fingerprint density at radius 1 is 1.38 bits per heavy atom. The van der Waals surface area contributed by atoms with Crippen LogP contribution in [-0.2, 0) is 18.6 Å². The molecule has 0 atom stereocenters. The van der Waals surface area contributed by atoms with E-state index in [-0.39, 0.29) is 0 Å². The lowest BCUT2D eigenvalue weighted by atomic mass is 10.3. The molecule has 6 nitrogen and oxygen atoms in total. The van der Waals surface area contributed by atoms with Crippen molar-refractivity contribution in [1.82, 2.24) is 0 Å².